The smallest absolute Gasteiger partial charge is 0.425 e. The van der Waals surface area contributed by atoms with Gasteiger partial charge in [-0.1, -0.05) is 0 Å². The van der Waals surface area contributed by atoms with Crippen LogP contribution in [-0.4, -0.2) is 29.2 Å². The number of carbonyl (C=O) groups is 1. The van der Waals surface area contributed by atoms with E-state index in [-0.39, 0.29) is 22.5 Å². The number of aromatic nitrogens is 1. The monoisotopic (exact) mass is 446 g/mol. The number of alkyl halides is 5. The van der Waals surface area contributed by atoms with Crippen LogP contribution in [0, 0.1) is 5.82 Å². The second-order valence-electron chi connectivity index (χ2n) is 7.00. The minimum absolute atomic E-state index is 0.0335. The number of ether oxygens (including phenoxy) is 1. The van der Waals surface area contributed by atoms with E-state index < -0.39 is 48.4 Å². The lowest BCUT2D eigenvalue weighted by molar-refractivity contribution is -0.208. The van der Waals surface area contributed by atoms with Gasteiger partial charge in [0, 0.05) is 29.4 Å². The van der Waals surface area contributed by atoms with E-state index in [1.165, 1.54) is 13.0 Å². The van der Waals surface area contributed by atoms with E-state index in [4.69, 9.17) is 5.73 Å². The standard InChI is InChI=1S/C19H16F6N4O2/c1-18(7-14(19(23,24)25)31-17(26)29-18)11-6-10(3-4-12(11)20)28-16(30)13-5-2-9(8-27-13)15(21)22/h2-6,8,14-15H,7H2,1H3,(H2,26,29)(H,28,30)/t14-,18-/m0/s1. The van der Waals surface area contributed by atoms with Crippen LogP contribution >= 0.6 is 0 Å². The zero-order chi connectivity index (χ0) is 23.0. The molecule has 2 heterocycles. The third-order valence-corrected chi connectivity index (χ3v) is 4.64. The van der Waals surface area contributed by atoms with Crippen molar-refractivity contribution in [2.24, 2.45) is 10.7 Å². The van der Waals surface area contributed by atoms with E-state index in [0.717, 1.165) is 30.5 Å². The summed E-state index contributed by atoms with van der Waals surface area (Å²) in [6, 6.07) is 4.62. The summed E-state index contributed by atoms with van der Waals surface area (Å²) in [6.45, 7) is 1.26. The molecule has 1 aliphatic heterocycles. The SMILES string of the molecule is C[C@@]1(c2cc(NC(=O)c3ccc(C(F)F)cn3)ccc2F)C[C@@H](C(F)(F)F)OC(N)=N1. The van der Waals surface area contributed by atoms with E-state index in [9.17, 15) is 31.1 Å². The van der Waals surface area contributed by atoms with E-state index in [1.807, 2.05) is 0 Å². The van der Waals surface area contributed by atoms with Crippen molar-refractivity contribution in [2.45, 2.75) is 37.6 Å². The van der Waals surface area contributed by atoms with E-state index in [1.54, 1.807) is 0 Å². The molecule has 3 N–H and O–H groups in total. The summed E-state index contributed by atoms with van der Waals surface area (Å²) >= 11 is 0. The lowest BCUT2D eigenvalue weighted by Gasteiger charge is -2.36. The predicted molar refractivity (Wildman–Crippen MR) is 98.1 cm³/mol. The maximum Gasteiger partial charge on any atom is 0.425 e. The van der Waals surface area contributed by atoms with Gasteiger partial charge in [0.25, 0.3) is 18.4 Å². The molecule has 0 unspecified atom stereocenters. The number of nitrogens with one attached hydrogen (secondary N) is 1. The molecule has 1 aromatic carbocycles. The van der Waals surface area contributed by atoms with Gasteiger partial charge in [0.2, 0.25) is 0 Å². The molecule has 31 heavy (non-hydrogen) atoms. The van der Waals surface area contributed by atoms with Crippen LogP contribution in [0.1, 0.15) is 41.4 Å². The first-order valence-corrected chi connectivity index (χ1v) is 8.83. The Morgan fingerprint density at radius 1 is 1.29 bits per heavy atom. The average Bonchev–Trinajstić information content (AvgIpc) is 2.68. The normalized spacial score (nSPS) is 21.4. The Morgan fingerprint density at radius 2 is 2.00 bits per heavy atom. The van der Waals surface area contributed by atoms with Crippen LogP contribution in [0.2, 0.25) is 0 Å². The summed E-state index contributed by atoms with van der Waals surface area (Å²) in [5.74, 6) is -1.65. The Kier molecular flexibility index (Phi) is 5.83. The highest BCUT2D eigenvalue weighted by molar-refractivity contribution is 6.02. The van der Waals surface area contributed by atoms with Crippen LogP contribution in [0.25, 0.3) is 0 Å². The average molecular weight is 446 g/mol. The molecule has 0 fully saturated rings. The zero-order valence-electron chi connectivity index (χ0n) is 15.9. The number of hydrogen-bond acceptors (Lipinski definition) is 5. The van der Waals surface area contributed by atoms with Gasteiger partial charge in [0.15, 0.2) is 6.10 Å². The minimum Gasteiger partial charge on any atom is -0.452 e. The molecule has 1 aliphatic rings. The van der Waals surface area contributed by atoms with E-state index in [2.05, 4.69) is 20.0 Å². The quantitative estimate of drug-likeness (QED) is 0.686. The number of amidine groups is 1. The zero-order valence-corrected chi connectivity index (χ0v) is 15.9. The third kappa shape index (κ3) is 4.89. The summed E-state index contributed by atoms with van der Waals surface area (Å²) in [7, 11) is 0. The van der Waals surface area contributed by atoms with Crippen molar-refractivity contribution in [2.75, 3.05) is 5.32 Å². The first-order chi connectivity index (χ1) is 14.4. The Balaban J connectivity index is 1.88. The number of rotatable bonds is 4. The molecular weight excluding hydrogens is 430 g/mol. The number of halogens is 6. The van der Waals surface area contributed by atoms with E-state index >= 15 is 0 Å². The van der Waals surface area contributed by atoms with Gasteiger partial charge in [0.05, 0.1) is 5.54 Å². The van der Waals surface area contributed by atoms with Gasteiger partial charge in [-0.15, -0.1) is 0 Å². The van der Waals surface area contributed by atoms with Crippen molar-refractivity contribution in [1.29, 1.82) is 0 Å². The van der Waals surface area contributed by atoms with Gasteiger partial charge in [-0.3, -0.25) is 9.78 Å². The Labute approximate surface area is 172 Å². The van der Waals surface area contributed by atoms with E-state index in [0.29, 0.717) is 0 Å². The van der Waals surface area contributed by atoms with Crippen LogP contribution in [0.4, 0.5) is 32.0 Å². The predicted octanol–water partition coefficient (Wildman–Crippen LogP) is 4.29. The van der Waals surface area contributed by atoms with Crippen molar-refractivity contribution >= 4 is 17.6 Å². The maximum atomic E-state index is 14.5. The molecule has 166 valence electrons. The van der Waals surface area contributed by atoms with Crippen LogP contribution in [0.5, 0.6) is 0 Å². The molecule has 12 heteroatoms. The van der Waals surface area contributed by atoms with Gasteiger partial charge < -0.3 is 15.8 Å². The van der Waals surface area contributed by atoms with Gasteiger partial charge in [-0.05, 0) is 37.3 Å². The Bertz CT molecular complexity index is 1010. The lowest BCUT2D eigenvalue weighted by atomic mass is 9.85. The molecule has 3 rings (SSSR count). The fourth-order valence-corrected chi connectivity index (χ4v) is 3.10. The number of benzene rings is 1. The molecule has 1 amide bonds. The molecule has 0 radical (unpaired) electrons. The number of nitrogens with zero attached hydrogens (tertiary/aromatic N) is 2. The van der Waals surface area contributed by atoms with Crippen LogP contribution in [-0.2, 0) is 10.3 Å². The summed E-state index contributed by atoms with van der Waals surface area (Å²) in [5, 5.41) is 2.39. The maximum absolute atomic E-state index is 14.5. The first-order valence-electron chi connectivity index (χ1n) is 8.83. The van der Waals surface area contributed by atoms with Crippen molar-refractivity contribution in [3.8, 4) is 0 Å². The van der Waals surface area contributed by atoms with Crippen LogP contribution in [0.3, 0.4) is 0 Å². The summed E-state index contributed by atoms with van der Waals surface area (Å²) < 4.78 is 83.7. The summed E-state index contributed by atoms with van der Waals surface area (Å²) in [6.07, 6.45) is -9.68. The number of pyridine rings is 1. The fraction of sp³-hybridized carbons (Fsp3) is 0.316. The third-order valence-electron chi connectivity index (χ3n) is 4.64. The molecule has 2 atom stereocenters. The van der Waals surface area contributed by atoms with Crippen molar-refractivity contribution in [3.63, 3.8) is 0 Å². The molecular formula is C19H16F6N4O2. The topological polar surface area (TPSA) is 89.6 Å². The molecule has 0 saturated carbocycles. The molecule has 0 saturated heterocycles. The van der Waals surface area contributed by atoms with Crippen LogP contribution < -0.4 is 11.1 Å². The molecule has 0 aliphatic carbocycles. The Hall–Kier alpha value is -3.31. The number of hydrogen-bond donors (Lipinski definition) is 2. The molecule has 0 bridgehead atoms. The summed E-state index contributed by atoms with van der Waals surface area (Å²) in [4.78, 5) is 19.8. The second-order valence-corrected chi connectivity index (χ2v) is 7.00. The van der Waals surface area contributed by atoms with Crippen molar-refractivity contribution in [1.82, 2.24) is 4.98 Å². The highest BCUT2D eigenvalue weighted by atomic mass is 19.4. The lowest BCUT2D eigenvalue weighted by Crippen LogP contribution is -2.46. The number of aliphatic imine (C=N–C) groups is 1. The second kappa shape index (κ2) is 8.08. The number of amides is 1. The van der Waals surface area contributed by atoms with Gasteiger partial charge in [0.1, 0.15) is 11.5 Å². The number of nitrogens with two attached hydrogens (primary N) is 1. The molecule has 2 aromatic rings. The minimum atomic E-state index is -4.75. The highest BCUT2D eigenvalue weighted by Crippen LogP contribution is 2.41. The van der Waals surface area contributed by atoms with Gasteiger partial charge in [-0.25, -0.2) is 18.2 Å². The number of carbonyl (C=O) groups excluding carboxylic acids is 1. The van der Waals surface area contributed by atoms with Crippen LogP contribution in [0.15, 0.2) is 41.5 Å². The largest absolute Gasteiger partial charge is 0.452 e. The fourth-order valence-electron chi connectivity index (χ4n) is 3.10. The number of anilines is 1. The van der Waals surface area contributed by atoms with Gasteiger partial charge >= 0.3 is 6.18 Å². The molecule has 6 nitrogen and oxygen atoms in total. The Morgan fingerprint density at radius 3 is 2.58 bits per heavy atom. The summed E-state index contributed by atoms with van der Waals surface area (Å²) in [5.41, 5.74) is 2.90. The molecule has 0 spiro atoms. The highest BCUT2D eigenvalue weighted by Gasteiger charge is 2.50. The first kappa shape index (κ1) is 22.4. The molecule has 1 aromatic heterocycles. The van der Waals surface area contributed by atoms with Crippen molar-refractivity contribution in [3.05, 3.63) is 59.2 Å². The van der Waals surface area contributed by atoms with Gasteiger partial charge in [-0.2, -0.15) is 13.2 Å². The van der Waals surface area contributed by atoms with Crippen molar-refractivity contribution < 1.29 is 35.9 Å².